The van der Waals surface area contributed by atoms with Crippen LogP contribution in [0.3, 0.4) is 0 Å². The number of nitrogens with one attached hydrogen (secondary N) is 1. The highest BCUT2D eigenvalue weighted by Crippen LogP contribution is 2.16. The lowest BCUT2D eigenvalue weighted by molar-refractivity contribution is 0.143. The first-order valence-electron chi connectivity index (χ1n) is 5.89. The highest BCUT2D eigenvalue weighted by Gasteiger charge is 2.17. The van der Waals surface area contributed by atoms with Gasteiger partial charge < -0.3 is 15.8 Å². The molecular formula is C11H24N2O. The summed E-state index contributed by atoms with van der Waals surface area (Å²) in [6.07, 6.45) is 5.98. The summed E-state index contributed by atoms with van der Waals surface area (Å²) in [7, 11) is 0. The van der Waals surface area contributed by atoms with Crippen molar-refractivity contribution in [1.29, 1.82) is 0 Å². The predicted molar refractivity (Wildman–Crippen MR) is 59.3 cm³/mol. The van der Waals surface area contributed by atoms with Gasteiger partial charge in [-0.05, 0) is 45.6 Å². The molecule has 0 aromatic heterocycles. The van der Waals surface area contributed by atoms with Gasteiger partial charge in [0.25, 0.3) is 0 Å². The number of ether oxygens (including phenoxy) is 1. The second kappa shape index (κ2) is 7.21. The van der Waals surface area contributed by atoms with Gasteiger partial charge in [-0.3, -0.25) is 0 Å². The Bertz CT molecular complexity index is 133. The lowest BCUT2D eigenvalue weighted by atomic mass is 9.92. The highest BCUT2D eigenvalue weighted by molar-refractivity contribution is 4.78. The Labute approximate surface area is 87.4 Å². The fourth-order valence-corrected chi connectivity index (χ4v) is 1.95. The van der Waals surface area contributed by atoms with E-state index in [0.717, 1.165) is 26.2 Å². The van der Waals surface area contributed by atoms with Crippen molar-refractivity contribution in [2.45, 2.75) is 51.1 Å². The maximum Gasteiger partial charge on any atom is 0.0477 e. The van der Waals surface area contributed by atoms with E-state index in [1.165, 1.54) is 25.7 Å². The summed E-state index contributed by atoms with van der Waals surface area (Å²) in [5, 5.41) is 3.57. The smallest absolute Gasteiger partial charge is 0.0477 e. The van der Waals surface area contributed by atoms with E-state index < -0.39 is 0 Å². The molecule has 0 aromatic carbocycles. The van der Waals surface area contributed by atoms with Crippen LogP contribution in [0.2, 0.25) is 0 Å². The summed E-state index contributed by atoms with van der Waals surface area (Å²) in [6, 6.07) is 1.16. The summed E-state index contributed by atoms with van der Waals surface area (Å²) in [4.78, 5) is 0. The van der Waals surface area contributed by atoms with Crippen LogP contribution in [0.1, 0.15) is 39.0 Å². The summed E-state index contributed by atoms with van der Waals surface area (Å²) in [5.41, 5.74) is 5.84. The molecule has 3 heteroatoms. The Hall–Kier alpha value is -0.120. The third-order valence-electron chi connectivity index (χ3n) is 2.87. The Morgan fingerprint density at radius 3 is 2.64 bits per heavy atom. The quantitative estimate of drug-likeness (QED) is 0.635. The standard InChI is InChI=1S/C11H24N2O/c1-2-14-9-3-8-13-11-6-4-10(12)5-7-11/h10-11,13H,2-9,12H2,1H3. The monoisotopic (exact) mass is 200 g/mol. The average Bonchev–Trinajstić information content (AvgIpc) is 2.21. The van der Waals surface area contributed by atoms with E-state index in [9.17, 15) is 0 Å². The Balaban J connectivity index is 1.91. The van der Waals surface area contributed by atoms with E-state index in [0.29, 0.717) is 12.1 Å². The number of hydrogen-bond acceptors (Lipinski definition) is 3. The molecule has 0 saturated heterocycles. The molecule has 1 aliphatic carbocycles. The Morgan fingerprint density at radius 2 is 2.00 bits per heavy atom. The zero-order chi connectivity index (χ0) is 10.2. The Kier molecular flexibility index (Phi) is 6.15. The van der Waals surface area contributed by atoms with Gasteiger partial charge in [-0.2, -0.15) is 0 Å². The van der Waals surface area contributed by atoms with Crippen LogP contribution in [0.15, 0.2) is 0 Å². The molecule has 0 bridgehead atoms. The third kappa shape index (κ3) is 4.94. The van der Waals surface area contributed by atoms with Crippen molar-refractivity contribution in [2.75, 3.05) is 19.8 Å². The molecule has 0 aromatic rings. The minimum atomic E-state index is 0.455. The van der Waals surface area contributed by atoms with Crippen LogP contribution in [-0.2, 0) is 4.74 Å². The highest BCUT2D eigenvalue weighted by atomic mass is 16.5. The van der Waals surface area contributed by atoms with Crippen LogP contribution in [0.25, 0.3) is 0 Å². The van der Waals surface area contributed by atoms with Gasteiger partial charge in [-0.25, -0.2) is 0 Å². The lowest BCUT2D eigenvalue weighted by Gasteiger charge is -2.26. The van der Waals surface area contributed by atoms with Gasteiger partial charge in [0.05, 0.1) is 0 Å². The van der Waals surface area contributed by atoms with Crippen molar-refractivity contribution in [3.8, 4) is 0 Å². The lowest BCUT2D eigenvalue weighted by Crippen LogP contribution is -2.37. The van der Waals surface area contributed by atoms with Crippen molar-refractivity contribution in [1.82, 2.24) is 5.32 Å². The van der Waals surface area contributed by atoms with Crippen LogP contribution in [0.4, 0.5) is 0 Å². The van der Waals surface area contributed by atoms with Crippen molar-refractivity contribution < 1.29 is 4.74 Å². The molecule has 1 aliphatic rings. The summed E-state index contributed by atoms with van der Waals surface area (Å²) in [5.74, 6) is 0. The van der Waals surface area contributed by atoms with Crippen molar-refractivity contribution in [2.24, 2.45) is 5.73 Å². The molecule has 84 valence electrons. The van der Waals surface area contributed by atoms with Crippen LogP contribution < -0.4 is 11.1 Å². The first-order valence-corrected chi connectivity index (χ1v) is 5.89. The van der Waals surface area contributed by atoms with E-state index in [-0.39, 0.29) is 0 Å². The molecule has 0 heterocycles. The zero-order valence-corrected chi connectivity index (χ0v) is 9.30. The number of rotatable bonds is 6. The molecule has 1 rings (SSSR count). The first-order chi connectivity index (χ1) is 6.83. The minimum Gasteiger partial charge on any atom is -0.382 e. The molecule has 0 unspecified atom stereocenters. The van der Waals surface area contributed by atoms with Gasteiger partial charge >= 0.3 is 0 Å². The summed E-state index contributed by atoms with van der Waals surface area (Å²) in [6.45, 7) is 4.84. The van der Waals surface area contributed by atoms with Crippen molar-refractivity contribution >= 4 is 0 Å². The van der Waals surface area contributed by atoms with E-state index in [1.54, 1.807) is 0 Å². The SMILES string of the molecule is CCOCCCNC1CCC(N)CC1. The molecule has 3 N–H and O–H groups in total. The van der Waals surface area contributed by atoms with Gasteiger partial charge in [0.1, 0.15) is 0 Å². The summed E-state index contributed by atoms with van der Waals surface area (Å²) < 4.78 is 5.28. The van der Waals surface area contributed by atoms with Gasteiger partial charge in [0.2, 0.25) is 0 Å². The number of hydrogen-bond donors (Lipinski definition) is 2. The minimum absolute atomic E-state index is 0.455. The molecule has 1 fully saturated rings. The fraction of sp³-hybridized carbons (Fsp3) is 1.00. The van der Waals surface area contributed by atoms with Gasteiger partial charge in [-0.15, -0.1) is 0 Å². The average molecular weight is 200 g/mol. The van der Waals surface area contributed by atoms with Gasteiger partial charge in [0, 0.05) is 25.3 Å². The molecule has 1 saturated carbocycles. The van der Waals surface area contributed by atoms with E-state index in [2.05, 4.69) is 5.32 Å². The fourth-order valence-electron chi connectivity index (χ4n) is 1.95. The second-order valence-corrected chi connectivity index (χ2v) is 4.12. The largest absolute Gasteiger partial charge is 0.382 e. The molecule has 14 heavy (non-hydrogen) atoms. The van der Waals surface area contributed by atoms with E-state index >= 15 is 0 Å². The molecular weight excluding hydrogens is 176 g/mol. The third-order valence-corrected chi connectivity index (χ3v) is 2.87. The molecule has 0 spiro atoms. The van der Waals surface area contributed by atoms with Crippen molar-refractivity contribution in [3.05, 3.63) is 0 Å². The maximum atomic E-state index is 5.84. The van der Waals surface area contributed by atoms with Gasteiger partial charge in [0.15, 0.2) is 0 Å². The van der Waals surface area contributed by atoms with Crippen LogP contribution >= 0.6 is 0 Å². The van der Waals surface area contributed by atoms with E-state index in [1.807, 2.05) is 6.92 Å². The molecule has 0 aliphatic heterocycles. The molecule has 0 atom stereocenters. The second-order valence-electron chi connectivity index (χ2n) is 4.12. The Morgan fingerprint density at radius 1 is 1.29 bits per heavy atom. The van der Waals surface area contributed by atoms with Gasteiger partial charge in [-0.1, -0.05) is 0 Å². The van der Waals surface area contributed by atoms with Crippen LogP contribution in [0.5, 0.6) is 0 Å². The number of nitrogens with two attached hydrogens (primary N) is 1. The molecule has 0 radical (unpaired) electrons. The topological polar surface area (TPSA) is 47.3 Å². The van der Waals surface area contributed by atoms with Crippen molar-refractivity contribution in [3.63, 3.8) is 0 Å². The first kappa shape index (κ1) is 12.0. The maximum absolute atomic E-state index is 5.84. The predicted octanol–water partition coefficient (Wildman–Crippen LogP) is 1.27. The zero-order valence-electron chi connectivity index (χ0n) is 9.30. The normalized spacial score (nSPS) is 27.9. The van der Waals surface area contributed by atoms with Crippen LogP contribution in [-0.4, -0.2) is 31.8 Å². The van der Waals surface area contributed by atoms with Crippen LogP contribution in [0, 0.1) is 0 Å². The summed E-state index contributed by atoms with van der Waals surface area (Å²) >= 11 is 0. The van der Waals surface area contributed by atoms with E-state index in [4.69, 9.17) is 10.5 Å². The molecule has 0 amide bonds. The molecule has 3 nitrogen and oxygen atoms in total.